The van der Waals surface area contributed by atoms with Crippen molar-refractivity contribution in [1.82, 2.24) is 13.9 Å². The monoisotopic (exact) mass is 551 g/mol. The number of ketones is 1. The topological polar surface area (TPSA) is 98.6 Å². The van der Waals surface area contributed by atoms with Crippen molar-refractivity contribution >= 4 is 26.7 Å². The number of pyridine rings is 2. The summed E-state index contributed by atoms with van der Waals surface area (Å²) in [6.45, 7) is 10.2. The fourth-order valence-electron chi connectivity index (χ4n) is 6.41. The molecule has 1 atom stereocenters. The maximum atomic E-state index is 13.9. The molecule has 1 aliphatic carbocycles. The van der Waals surface area contributed by atoms with Crippen molar-refractivity contribution in [2.24, 2.45) is 0 Å². The number of fused-ring (bicyclic) bond motifs is 5. The zero-order valence-electron chi connectivity index (χ0n) is 23.6. The van der Waals surface area contributed by atoms with Crippen LogP contribution in [0.5, 0.6) is 0 Å². The van der Waals surface area contributed by atoms with Gasteiger partial charge in [0.15, 0.2) is 11.4 Å². The molecule has 1 aliphatic heterocycles. The number of Topliss-reactive ketones (excluding diaryl/α,β-unsaturated/α-hetero) is 1. The molecular weight excluding hydrogens is 514 g/mol. The Morgan fingerprint density at radius 3 is 2.46 bits per heavy atom. The Kier molecular flexibility index (Phi) is 7.06. The van der Waals surface area contributed by atoms with Crippen LogP contribution >= 0.6 is 0 Å². The average Bonchev–Trinajstić information content (AvgIpc) is 3.23. The van der Waals surface area contributed by atoms with Crippen molar-refractivity contribution < 1.29 is 17.9 Å². The van der Waals surface area contributed by atoms with Gasteiger partial charge in [0.05, 0.1) is 35.8 Å². The molecule has 0 amide bonds. The van der Waals surface area contributed by atoms with Crippen LogP contribution in [-0.4, -0.2) is 53.0 Å². The molecule has 39 heavy (non-hydrogen) atoms. The number of benzene rings is 1. The van der Waals surface area contributed by atoms with Gasteiger partial charge >= 0.3 is 0 Å². The van der Waals surface area contributed by atoms with Crippen LogP contribution in [0.3, 0.4) is 0 Å². The van der Waals surface area contributed by atoms with Gasteiger partial charge in [-0.3, -0.25) is 9.59 Å². The first-order valence-corrected chi connectivity index (χ1v) is 15.6. The summed E-state index contributed by atoms with van der Waals surface area (Å²) < 4.78 is 34.5. The van der Waals surface area contributed by atoms with E-state index in [1.54, 1.807) is 4.57 Å². The Hall–Kier alpha value is -2.88. The summed E-state index contributed by atoms with van der Waals surface area (Å²) in [5, 5.41) is 0.959. The van der Waals surface area contributed by atoms with Crippen LogP contribution in [0.15, 0.2) is 35.1 Å². The molecule has 5 rings (SSSR count). The van der Waals surface area contributed by atoms with Crippen LogP contribution in [-0.2, 0) is 44.5 Å². The van der Waals surface area contributed by atoms with Gasteiger partial charge in [-0.05, 0) is 64.7 Å². The first kappa shape index (κ1) is 27.7. The molecule has 0 N–H and O–H groups in total. The van der Waals surface area contributed by atoms with E-state index in [2.05, 4.69) is 0 Å². The molecule has 0 saturated carbocycles. The Balaban J connectivity index is 1.71. The van der Waals surface area contributed by atoms with Crippen LogP contribution in [0, 0.1) is 0 Å². The third kappa shape index (κ3) is 4.54. The van der Waals surface area contributed by atoms with Crippen LogP contribution in [0.4, 0.5) is 0 Å². The number of para-hydroxylation sites is 1. The molecule has 0 fully saturated rings. The van der Waals surface area contributed by atoms with Crippen molar-refractivity contribution in [3.63, 3.8) is 0 Å². The van der Waals surface area contributed by atoms with Crippen molar-refractivity contribution in [2.45, 2.75) is 84.6 Å². The van der Waals surface area contributed by atoms with Gasteiger partial charge in [-0.2, -0.15) is 4.31 Å². The van der Waals surface area contributed by atoms with Gasteiger partial charge in [-0.1, -0.05) is 25.1 Å². The summed E-state index contributed by atoms with van der Waals surface area (Å²) in [7, 11) is -3.39. The van der Waals surface area contributed by atoms with Crippen molar-refractivity contribution in [2.75, 3.05) is 12.8 Å². The highest BCUT2D eigenvalue weighted by Crippen LogP contribution is 2.43. The minimum Gasteiger partial charge on any atom is -0.360 e. The van der Waals surface area contributed by atoms with Crippen LogP contribution in [0.25, 0.3) is 22.3 Å². The number of carbonyl (C=O) groups excluding carboxylic acids is 1. The van der Waals surface area contributed by atoms with Gasteiger partial charge in [0.1, 0.15) is 0 Å². The number of hydrogen-bond acceptors (Lipinski definition) is 6. The molecule has 0 saturated heterocycles. The highest BCUT2D eigenvalue weighted by atomic mass is 32.2. The molecule has 0 spiro atoms. The number of rotatable bonds is 8. The highest BCUT2D eigenvalue weighted by Gasteiger charge is 2.46. The molecule has 2 aromatic heterocycles. The Labute approximate surface area is 230 Å². The number of sulfonamides is 1. The predicted molar refractivity (Wildman–Crippen MR) is 152 cm³/mol. The smallest absolute Gasteiger partial charge is 0.254 e. The molecule has 3 heterocycles. The third-order valence-electron chi connectivity index (χ3n) is 8.08. The van der Waals surface area contributed by atoms with E-state index in [0.717, 1.165) is 22.0 Å². The maximum Gasteiger partial charge on any atom is 0.254 e. The van der Waals surface area contributed by atoms with Crippen LogP contribution in [0.2, 0.25) is 0 Å². The number of ether oxygens (including phenoxy) is 1. The fourth-order valence-corrected chi connectivity index (χ4v) is 7.60. The molecule has 1 aromatic carbocycles. The lowest BCUT2D eigenvalue weighted by Gasteiger charge is -2.38. The molecular formula is C30H37N3O5S. The standard InChI is InChI=1S/C30H37N3O5S/c1-7-30(38-19(4)5)24-16-26-28-23(17-32(26)29(35)22(24)12-13-27(30)34)20(21-10-8-9-11-25(21)31-28)14-15-33(18(2)3)39(6,36)37/h8-11,16,18-19H,7,12-15,17H2,1-6H3/t30-/m0/s1. The molecule has 2 aliphatic rings. The first-order valence-electron chi connectivity index (χ1n) is 13.7. The van der Waals surface area contributed by atoms with Crippen LogP contribution < -0.4 is 5.56 Å². The number of aromatic nitrogens is 2. The second kappa shape index (κ2) is 9.94. The Morgan fingerprint density at radius 1 is 1.10 bits per heavy atom. The normalized spacial score (nSPS) is 18.7. The maximum absolute atomic E-state index is 13.9. The van der Waals surface area contributed by atoms with E-state index in [0.29, 0.717) is 54.9 Å². The molecule has 0 bridgehead atoms. The summed E-state index contributed by atoms with van der Waals surface area (Å²) in [6.07, 6.45) is 2.66. The van der Waals surface area contributed by atoms with E-state index in [-0.39, 0.29) is 29.9 Å². The minimum absolute atomic E-state index is 0.00971. The zero-order valence-corrected chi connectivity index (χ0v) is 24.4. The molecule has 0 radical (unpaired) electrons. The Morgan fingerprint density at radius 2 is 1.82 bits per heavy atom. The largest absolute Gasteiger partial charge is 0.360 e. The van der Waals surface area contributed by atoms with Crippen LogP contribution in [0.1, 0.15) is 69.7 Å². The van der Waals surface area contributed by atoms with E-state index in [1.165, 1.54) is 10.6 Å². The number of hydrogen-bond donors (Lipinski definition) is 0. The summed E-state index contributed by atoms with van der Waals surface area (Å²) in [6, 6.07) is 9.60. The van der Waals surface area contributed by atoms with Gasteiger partial charge in [0, 0.05) is 41.1 Å². The van der Waals surface area contributed by atoms with Gasteiger partial charge in [0.2, 0.25) is 10.0 Å². The van der Waals surface area contributed by atoms with Gasteiger partial charge < -0.3 is 9.30 Å². The predicted octanol–water partition coefficient (Wildman–Crippen LogP) is 4.18. The third-order valence-corrected chi connectivity index (χ3v) is 9.53. The van der Waals surface area contributed by atoms with Crippen molar-refractivity contribution in [1.29, 1.82) is 0 Å². The van der Waals surface area contributed by atoms with E-state index < -0.39 is 15.6 Å². The Bertz CT molecular complexity index is 1640. The summed E-state index contributed by atoms with van der Waals surface area (Å²) >= 11 is 0. The van der Waals surface area contributed by atoms with E-state index in [4.69, 9.17) is 9.72 Å². The minimum atomic E-state index is -3.39. The average molecular weight is 552 g/mol. The molecule has 8 nitrogen and oxygen atoms in total. The highest BCUT2D eigenvalue weighted by molar-refractivity contribution is 7.88. The molecule has 9 heteroatoms. The lowest BCUT2D eigenvalue weighted by Crippen LogP contribution is -2.46. The summed E-state index contributed by atoms with van der Waals surface area (Å²) in [4.78, 5) is 32.3. The zero-order chi connectivity index (χ0) is 28.3. The fraction of sp³-hybridized carbons (Fsp3) is 0.500. The summed E-state index contributed by atoms with van der Waals surface area (Å²) in [5.41, 5.74) is 4.18. The first-order chi connectivity index (χ1) is 18.4. The second-order valence-corrected chi connectivity index (χ2v) is 13.2. The van der Waals surface area contributed by atoms with Gasteiger partial charge in [-0.15, -0.1) is 0 Å². The quantitative estimate of drug-likeness (QED) is 0.326. The van der Waals surface area contributed by atoms with E-state index in [1.807, 2.05) is 65.0 Å². The second-order valence-electron chi connectivity index (χ2n) is 11.2. The van der Waals surface area contributed by atoms with Gasteiger partial charge in [0.25, 0.3) is 5.56 Å². The van der Waals surface area contributed by atoms with Crippen molar-refractivity contribution in [3.05, 3.63) is 62.9 Å². The van der Waals surface area contributed by atoms with Gasteiger partial charge in [-0.25, -0.2) is 13.4 Å². The number of nitrogens with zero attached hydrogens (tertiary/aromatic N) is 3. The molecule has 0 unspecified atom stereocenters. The SMILES string of the molecule is CC[C@@]1(OC(C)C)C(=O)CCc2c1cc1n(c2=O)Cc2c-1nc1ccccc1c2CCN(C(C)C)S(C)(=O)=O. The number of carbonyl (C=O) groups is 1. The molecule has 208 valence electrons. The summed E-state index contributed by atoms with van der Waals surface area (Å²) in [5.74, 6) is 0.00971. The lowest BCUT2D eigenvalue weighted by molar-refractivity contribution is -0.155. The van der Waals surface area contributed by atoms with E-state index in [9.17, 15) is 18.0 Å². The molecule has 3 aromatic rings. The van der Waals surface area contributed by atoms with Crippen molar-refractivity contribution in [3.8, 4) is 11.4 Å². The lowest BCUT2D eigenvalue weighted by atomic mass is 9.76. The van der Waals surface area contributed by atoms with E-state index >= 15 is 0 Å².